The van der Waals surface area contributed by atoms with Gasteiger partial charge in [0.05, 0.1) is 10.6 Å². The summed E-state index contributed by atoms with van der Waals surface area (Å²) in [5.74, 6) is -0.879. The summed E-state index contributed by atoms with van der Waals surface area (Å²) < 4.78 is 41.1. The summed E-state index contributed by atoms with van der Waals surface area (Å²) in [6.07, 6.45) is 4.13. The Labute approximate surface area is 178 Å². The van der Waals surface area contributed by atoms with Gasteiger partial charge in [-0.1, -0.05) is 6.07 Å². The van der Waals surface area contributed by atoms with Gasteiger partial charge in [-0.25, -0.2) is 17.8 Å². The van der Waals surface area contributed by atoms with E-state index in [1.807, 2.05) is 0 Å². The number of hydrogen-bond acceptors (Lipinski definition) is 5. The van der Waals surface area contributed by atoms with Crippen molar-refractivity contribution >= 4 is 38.1 Å². The summed E-state index contributed by atoms with van der Waals surface area (Å²) in [5.41, 5.74) is 1.98. The third kappa shape index (κ3) is 4.36. The molecule has 9 heteroatoms. The second-order valence-electron chi connectivity index (χ2n) is 7.14. The highest BCUT2D eigenvalue weighted by Gasteiger charge is 2.21. The highest BCUT2D eigenvalue weighted by molar-refractivity contribution is 7.92. The molecule has 1 aliphatic carbocycles. The van der Waals surface area contributed by atoms with E-state index in [2.05, 4.69) is 15.0 Å². The van der Waals surface area contributed by atoms with Crippen molar-refractivity contribution < 1.29 is 17.6 Å². The zero-order valence-corrected chi connectivity index (χ0v) is 17.9. The maximum Gasteiger partial charge on any atom is 0.262 e. The van der Waals surface area contributed by atoms with Crippen molar-refractivity contribution in [3.63, 3.8) is 0 Å². The Morgan fingerprint density at radius 1 is 1.10 bits per heavy atom. The average molecular weight is 446 g/mol. The summed E-state index contributed by atoms with van der Waals surface area (Å²) in [4.78, 5) is 18.4. The Balaban J connectivity index is 1.56. The first-order chi connectivity index (χ1) is 14.3. The van der Waals surface area contributed by atoms with E-state index in [1.165, 1.54) is 46.5 Å². The number of carbonyl (C=O) groups excluding carboxylic acids is 1. The van der Waals surface area contributed by atoms with Crippen molar-refractivity contribution in [3.05, 3.63) is 70.0 Å². The van der Waals surface area contributed by atoms with Crippen LogP contribution in [-0.4, -0.2) is 19.3 Å². The Hall–Kier alpha value is -2.78. The molecule has 1 heterocycles. The third-order valence-electron chi connectivity index (χ3n) is 4.90. The predicted octanol–water partition coefficient (Wildman–Crippen LogP) is 4.52. The van der Waals surface area contributed by atoms with Gasteiger partial charge in [0.1, 0.15) is 5.82 Å². The van der Waals surface area contributed by atoms with E-state index in [1.54, 1.807) is 19.1 Å². The second-order valence-corrected chi connectivity index (χ2v) is 9.88. The van der Waals surface area contributed by atoms with Gasteiger partial charge in [-0.15, -0.1) is 11.3 Å². The predicted molar refractivity (Wildman–Crippen MR) is 115 cm³/mol. The van der Waals surface area contributed by atoms with Crippen molar-refractivity contribution in [2.45, 2.75) is 37.5 Å². The molecule has 0 fully saturated rings. The third-order valence-corrected chi connectivity index (χ3v) is 7.50. The number of carbonyl (C=O) groups is 1. The number of halogens is 1. The monoisotopic (exact) mass is 445 g/mol. The minimum absolute atomic E-state index is 0.0158. The Morgan fingerprint density at radius 2 is 1.83 bits per heavy atom. The molecule has 0 bridgehead atoms. The van der Waals surface area contributed by atoms with Crippen molar-refractivity contribution in [1.29, 1.82) is 0 Å². The van der Waals surface area contributed by atoms with Crippen molar-refractivity contribution in [3.8, 4) is 0 Å². The number of fused-ring (bicyclic) bond motifs is 1. The van der Waals surface area contributed by atoms with E-state index in [-0.39, 0.29) is 16.1 Å². The molecule has 4 rings (SSSR count). The molecule has 0 atom stereocenters. The van der Waals surface area contributed by atoms with Gasteiger partial charge in [0, 0.05) is 16.1 Å². The number of nitrogens with one attached hydrogen (secondary N) is 2. The fourth-order valence-electron chi connectivity index (χ4n) is 3.33. The lowest BCUT2D eigenvalue weighted by atomic mass is 10.0. The van der Waals surface area contributed by atoms with Crippen LogP contribution in [0.5, 0.6) is 0 Å². The van der Waals surface area contributed by atoms with E-state index >= 15 is 0 Å². The number of amides is 1. The maximum atomic E-state index is 13.1. The van der Waals surface area contributed by atoms with Crippen LogP contribution in [0.15, 0.2) is 47.4 Å². The number of nitrogens with zero attached hydrogens (tertiary/aromatic N) is 1. The van der Waals surface area contributed by atoms with E-state index in [0.29, 0.717) is 10.7 Å². The highest BCUT2D eigenvalue weighted by atomic mass is 32.2. The normalized spacial score (nSPS) is 13.5. The molecule has 6 nitrogen and oxygen atoms in total. The Morgan fingerprint density at radius 3 is 2.57 bits per heavy atom. The first-order valence-corrected chi connectivity index (χ1v) is 11.8. The lowest BCUT2D eigenvalue weighted by Crippen LogP contribution is -2.17. The van der Waals surface area contributed by atoms with E-state index in [0.717, 1.165) is 31.4 Å². The molecule has 1 aliphatic rings. The number of anilines is 2. The maximum absolute atomic E-state index is 13.1. The van der Waals surface area contributed by atoms with Crippen LogP contribution in [0, 0.1) is 12.7 Å². The summed E-state index contributed by atoms with van der Waals surface area (Å²) in [7, 11) is -3.95. The zero-order valence-electron chi connectivity index (χ0n) is 16.2. The Bertz CT molecular complexity index is 1180. The van der Waals surface area contributed by atoms with Gasteiger partial charge in [-0.2, -0.15) is 0 Å². The molecule has 1 amide bonds. The van der Waals surface area contributed by atoms with Crippen LogP contribution in [0.2, 0.25) is 0 Å². The first kappa shape index (κ1) is 20.5. The molecule has 0 saturated carbocycles. The molecule has 2 aromatic carbocycles. The molecule has 0 saturated heterocycles. The van der Waals surface area contributed by atoms with Crippen molar-refractivity contribution in [2.24, 2.45) is 0 Å². The minimum atomic E-state index is -3.95. The molecule has 3 aromatic rings. The average Bonchev–Trinajstić information content (AvgIpc) is 3.12. The molecule has 0 aliphatic heterocycles. The number of thiazole rings is 1. The number of sulfonamides is 1. The lowest BCUT2D eigenvalue weighted by Gasteiger charge is -2.12. The van der Waals surface area contributed by atoms with E-state index < -0.39 is 21.7 Å². The van der Waals surface area contributed by atoms with Crippen LogP contribution >= 0.6 is 11.3 Å². The summed E-state index contributed by atoms with van der Waals surface area (Å²) in [6, 6.07) is 9.51. The fraction of sp³-hybridized carbons (Fsp3) is 0.238. The van der Waals surface area contributed by atoms with Gasteiger partial charge in [0.2, 0.25) is 0 Å². The molecular weight excluding hydrogens is 425 g/mol. The molecule has 156 valence electrons. The zero-order chi connectivity index (χ0) is 21.3. The van der Waals surface area contributed by atoms with Crippen molar-refractivity contribution in [2.75, 3.05) is 10.0 Å². The molecule has 1 aromatic heterocycles. The number of hydrogen-bond donors (Lipinski definition) is 2. The van der Waals surface area contributed by atoms with Gasteiger partial charge in [0.15, 0.2) is 5.13 Å². The largest absolute Gasteiger partial charge is 0.298 e. The molecule has 0 spiro atoms. The van der Waals surface area contributed by atoms with Crippen LogP contribution in [0.25, 0.3) is 0 Å². The van der Waals surface area contributed by atoms with Gasteiger partial charge >= 0.3 is 0 Å². The van der Waals surface area contributed by atoms with E-state index in [4.69, 9.17) is 0 Å². The van der Waals surface area contributed by atoms with Crippen LogP contribution < -0.4 is 10.0 Å². The first-order valence-electron chi connectivity index (χ1n) is 9.51. The smallest absolute Gasteiger partial charge is 0.262 e. The summed E-state index contributed by atoms with van der Waals surface area (Å²) >= 11 is 1.47. The van der Waals surface area contributed by atoms with E-state index in [9.17, 15) is 17.6 Å². The summed E-state index contributed by atoms with van der Waals surface area (Å²) in [6.45, 7) is 1.65. The fourth-order valence-corrected chi connectivity index (χ4v) is 5.71. The lowest BCUT2D eigenvalue weighted by molar-refractivity contribution is 0.102. The summed E-state index contributed by atoms with van der Waals surface area (Å²) in [5, 5.41) is 3.31. The quantitative estimate of drug-likeness (QED) is 0.604. The molecule has 0 radical (unpaired) electrons. The number of rotatable bonds is 5. The molecule has 30 heavy (non-hydrogen) atoms. The van der Waals surface area contributed by atoms with Crippen molar-refractivity contribution in [1.82, 2.24) is 4.98 Å². The SMILES string of the molecule is Cc1ccc(C(=O)Nc2nc3c(s2)CCCC3)cc1S(=O)(=O)Nc1ccc(F)cc1. The second kappa shape index (κ2) is 8.16. The van der Waals surface area contributed by atoms with Gasteiger partial charge in [0.25, 0.3) is 15.9 Å². The standard InChI is InChI=1S/C21H20FN3O3S2/c1-13-6-7-14(20(26)24-21-23-17-4-2-3-5-18(17)29-21)12-19(13)30(27,28)25-16-10-8-15(22)9-11-16/h6-12,25H,2-5H2,1H3,(H,23,24,26). The van der Waals surface area contributed by atoms with Gasteiger partial charge in [-0.05, 0) is 74.6 Å². The highest BCUT2D eigenvalue weighted by Crippen LogP contribution is 2.30. The molecule has 2 N–H and O–H groups in total. The number of aromatic nitrogens is 1. The minimum Gasteiger partial charge on any atom is -0.298 e. The van der Waals surface area contributed by atoms with Crippen LogP contribution in [0.3, 0.4) is 0 Å². The Kier molecular flexibility index (Phi) is 5.57. The molecule has 0 unspecified atom stereocenters. The van der Waals surface area contributed by atoms with Crippen LogP contribution in [-0.2, 0) is 22.9 Å². The number of benzene rings is 2. The molecular formula is C21H20FN3O3S2. The van der Waals surface area contributed by atoms with Gasteiger partial charge < -0.3 is 0 Å². The topological polar surface area (TPSA) is 88.2 Å². The van der Waals surface area contributed by atoms with Crippen LogP contribution in [0.4, 0.5) is 15.2 Å². The van der Waals surface area contributed by atoms with Gasteiger partial charge in [-0.3, -0.25) is 14.8 Å². The van der Waals surface area contributed by atoms with Crippen LogP contribution in [0.1, 0.15) is 39.3 Å². The number of aryl methyl sites for hydroxylation is 3.